The molecule has 0 saturated carbocycles. The largest absolute Gasteiger partial charge is 0.429 e. The maximum atomic E-state index is 10.2. The van der Waals surface area contributed by atoms with Gasteiger partial charge < -0.3 is 14.9 Å². The standard InChI is InChI=1S/C6H8O3.C4H8O/c1-3-5(7)9-6(8)4-2;1-2-3-4-5/h3-5,7H,1-2H2;2,5H,1,3-4H2. The van der Waals surface area contributed by atoms with E-state index in [0.717, 1.165) is 12.2 Å². The van der Waals surface area contributed by atoms with Crippen LogP contribution < -0.4 is 0 Å². The molecule has 0 aliphatic rings. The zero-order valence-electron chi connectivity index (χ0n) is 8.06. The SMILES string of the molecule is C=CC(=O)OC(O)C=C.C=CCCO. The molecule has 0 aliphatic heterocycles. The smallest absolute Gasteiger partial charge is 0.332 e. The molecule has 14 heavy (non-hydrogen) atoms. The monoisotopic (exact) mass is 200 g/mol. The number of hydrogen-bond acceptors (Lipinski definition) is 4. The van der Waals surface area contributed by atoms with Crippen LogP contribution in [-0.4, -0.2) is 29.1 Å². The highest BCUT2D eigenvalue weighted by atomic mass is 16.6. The van der Waals surface area contributed by atoms with Gasteiger partial charge in [0, 0.05) is 12.7 Å². The maximum absolute atomic E-state index is 10.2. The van der Waals surface area contributed by atoms with E-state index < -0.39 is 12.3 Å². The molecule has 4 heteroatoms. The predicted octanol–water partition coefficient (Wildman–Crippen LogP) is 0.775. The summed E-state index contributed by atoms with van der Waals surface area (Å²) in [7, 11) is 0. The second-order valence-corrected chi connectivity index (χ2v) is 2.07. The Morgan fingerprint density at radius 3 is 2.21 bits per heavy atom. The molecule has 0 bridgehead atoms. The summed E-state index contributed by atoms with van der Waals surface area (Å²) in [6.07, 6.45) is 3.23. The summed E-state index contributed by atoms with van der Waals surface area (Å²) in [6, 6.07) is 0. The van der Waals surface area contributed by atoms with E-state index in [9.17, 15) is 4.79 Å². The summed E-state index contributed by atoms with van der Waals surface area (Å²) in [5.41, 5.74) is 0. The molecule has 0 rings (SSSR count). The van der Waals surface area contributed by atoms with Gasteiger partial charge in [0.1, 0.15) is 0 Å². The van der Waals surface area contributed by atoms with Crippen LogP contribution in [0.2, 0.25) is 0 Å². The van der Waals surface area contributed by atoms with Gasteiger partial charge in [-0.3, -0.25) is 0 Å². The van der Waals surface area contributed by atoms with Gasteiger partial charge in [-0.2, -0.15) is 0 Å². The molecular weight excluding hydrogens is 184 g/mol. The van der Waals surface area contributed by atoms with Gasteiger partial charge in [-0.1, -0.05) is 19.2 Å². The molecule has 0 spiro atoms. The van der Waals surface area contributed by atoms with Crippen molar-refractivity contribution in [2.45, 2.75) is 12.7 Å². The van der Waals surface area contributed by atoms with Crippen molar-refractivity contribution in [3.8, 4) is 0 Å². The number of ether oxygens (including phenoxy) is 1. The van der Waals surface area contributed by atoms with E-state index >= 15 is 0 Å². The second-order valence-electron chi connectivity index (χ2n) is 2.07. The molecule has 0 aliphatic carbocycles. The quantitative estimate of drug-likeness (QED) is 0.298. The van der Waals surface area contributed by atoms with Crippen molar-refractivity contribution in [3.63, 3.8) is 0 Å². The second kappa shape index (κ2) is 11.6. The molecule has 0 saturated heterocycles. The predicted molar refractivity (Wildman–Crippen MR) is 54.4 cm³/mol. The summed E-state index contributed by atoms with van der Waals surface area (Å²) < 4.78 is 4.23. The Bertz CT molecular complexity index is 187. The molecule has 0 aromatic rings. The molecule has 0 aromatic heterocycles. The highest BCUT2D eigenvalue weighted by Gasteiger charge is 2.00. The third kappa shape index (κ3) is 13.2. The fourth-order valence-corrected chi connectivity index (χ4v) is 0.307. The average molecular weight is 200 g/mol. The zero-order valence-corrected chi connectivity index (χ0v) is 8.06. The number of carbonyl (C=O) groups is 1. The molecule has 4 nitrogen and oxygen atoms in total. The maximum Gasteiger partial charge on any atom is 0.332 e. The minimum Gasteiger partial charge on any atom is -0.429 e. The first-order valence-corrected chi connectivity index (χ1v) is 3.97. The number of hydrogen-bond donors (Lipinski definition) is 2. The average Bonchev–Trinajstić information content (AvgIpc) is 2.19. The number of carbonyl (C=O) groups excluding carboxylic acids is 1. The van der Waals surface area contributed by atoms with E-state index in [-0.39, 0.29) is 6.61 Å². The fourth-order valence-electron chi connectivity index (χ4n) is 0.307. The molecule has 0 heterocycles. The molecule has 2 N–H and O–H groups in total. The first-order valence-electron chi connectivity index (χ1n) is 3.97. The van der Waals surface area contributed by atoms with Crippen LogP contribution in [-0.2, 0) is 9.53 Å². The van der Waals surface area contributed by atoms with Crippen molar-refractivity contribution in [3.05, 3.63) is 38.0 Å². The lowest BCUT2D eigenvalue weighted by Gasteiger charge is -2.02. The highest BCUT2D eigenvalue weighted by Crippen LogP contribution is 1.87. The third-order valence-electron chi connectivity index (χ3n) is 0.938. The van der Waals surface area contributed by atoms with Crippen LogP contribution in [0.3, 0.4) is 0 Å². The lowest BCUT2D eigenvalue weighted by molar-refractivity contribution is -0.154. The van der Waals surface area contributed by atoms with Crippen LogP contribution in [0.15, 0.2) is 38.0 Å². The van der Waals surface area contributed by atoms with E-state index in [0.29, 0.717) is 6.42 Å². The van der Waals surface area contributed by atoms with Crippen LogP contribution in [0, 0.1) is 0 Å². The van der Waals surface area contributed by atoms with E-state index in [1.807, 2.05) is 0 Å². The van der Waals surface area contributed by atoms with E-state index in [2.05, 4.69) is 24.5 Å². The molecule has 1 atom stereocenters. The van der Waals surface area contributed by atoms with Gasteiger partial charge in [-0.15, -0.1) is 6.58 Å². The molecule has 0 aromatic carbocycles. The fraction of sp³-hybridized carbons (Fsp3) is 0.300. The number of aliphatic hydroxyl groups is 2. The summed E-state index contributed by atoms with van der Waals surface area (Å²) >= 11 is 0. The van der Waals surface area contributed by atoms with Gasteiger partial charge in [0.2, 0.25) is 6.29 Å². The van der Waals surface area contributed by atoms with Gasteiger partial charge in [-0.05, 0) is 12.5 Å². The lowest BCUT2D eigenvalue weighted by atomic mass is 10.5. The lowest BCUT2D eigenvalue weighted by Crippen LogP contribution is -2.12. The number of aliphatic hydroxyl groups excluding tert-OH is 2. The van der Waals surface area contributed by atoms with Crippen LogP contribution in [0.1, 0.15) is 6.42 Å². The van der Waals surface area contributed by atoms with Crippen LogP contribution >= 0.6 is 0 Å². The molecule has 0 radical (unpaired) electrons. The van der Waals surface area contributed by atoms with Crippen molar-refractivity contribution in [1.29, 1.82) is 0 Å². The Hall–Kier alpha value is -1.39. The minimum atomic E-state index is -1.23. The zero-order chi connectivity index (χ0) is 11.4. The van der Waals surface area contributed by atoms with E-state index in [4.69, 9.17) is 10.2 Å². The van der Waals surface area contributed by atoms with Gasteiger partial charge >= 0.3 is 5.97 Å². The molecule has 1 unspecified atom stereocenters. The van der Waals surface area contributed by atoms with Gasteiger partial charge in [-0.25, -0.2) is 4.79 Å². The van der Waals surface area contributed by atoms with E-state index in [1.165, 1.54) is 0 Å². The Morgan fingerprint density at radius 1 is 1.43 bits per heavy atom. The van der Waals surface area contributed by atoms with Crippen molar-refractivity contribution in [2.24, 2.45) is 0 Å². The van der Waals surface area contributed by atoms with Crippen molar-refractivity contribution >= 4 is 5.97 Å². The van der Waals surface area contributed by atoms with Gasteiger partial charge in [0.15, 0.2) is 0 Å². The Kier molecular flexibility index (Phi) is 12.5. The van der Waals surface area contributed by atoms with Crippen molar-refractivity contribution in [2.75, 3.05) is 6.61 Å². The number of esters is 1. The van der Waals surface area contributed by atoms with E-state index in [1.54, 1.807) is 6.08 Å². The van der Waals surface area contributed by atoms with Crippen LogP contribution in [0.4, 0.5) is 0 Å². The summed E-state index contributed by atoms with van der Waals surface area (Å²) in [6.45, 7) is 9.93. The van der Waals surface area contributed by atoms with Crippen LogP contribution in [0.25, 0.3) is 0 Å². The summed E-state index contributed by atoms with van der Waals surface area (Å²) in [5, 5.41) is 16.5. The molecule has 0 amide bonds. The normalized spacial score (nSPS) is 10.1. The van der Waals surface area contributed by atoms with Crippen molar-refractivity contribution in [1.82, 2.24) is 0 Å². The van der Waals surface area contributed by atoms with Gasteiger partial charge in [0.25, 0.3) is 0 Å². The highest BCUT2D eigenvalue weighted by molar-refractivity contribution is 5.81. The molecular formula is C10H16O4. The minimum absolute atomic E-state index is 0.226. The summed E-state index contributed by atoms with van der Waals surface area (Å²) in [5.74, 6) is -0.664. The Balaban J connectivity index is 0. The Labute approximate surface area is 83.8 Å². The summed E-state index contributed by atoms with van der Waals surface area (Å²) in [4.78, 5) is 10.2. The number of rotatable bonds is 5. The Morgan fingerprint density at radius 2 is 2.00 bits per heavy atom. The molecule has 0 fully saturated rings. The molecule has 80 valence electrons. The van der Waals surface area contributed by atoms with Gasteiger partial charge in [0.05, 0.1) is 0 Å². The third-order valence-corrected chi connectivity index (χ3v) is 0.938. The first-order chi connectivity index (χ1) is 6.62. The van der Waals surface area contributed by atoms with Crippen LogP contribution in [0.5, 0.6) is 0 Å². The first kappa shape index (κ1) is 15.1. The topological polar surface area (TPSA) is 66.8 Å². The van der Waals surface area contributed by atoms with Crippen molar-refractivity contribution < 1.29 is 19.7 Å².